The molecule has 2 amide bonds. The molecule has 10 nitrogen and oxygen atoms in total. The summed E-state index contributed by atoms with van der Waals surface area (Å²) in [5.41, 5.74) is 9.27. The molecule has 3 aromatic rings. The first kappa shape index (κ1) is 27.3. The molecule has 1 heterocycles. The van der Waals surface area contributed by atoms with Gasteiger partial charge in [0, 0.05) is 29.9 Å². The van der Waals surface area contributed by atoms with Crippen molar-refractivity contribution in [3.63, 3.8) is 0 Å². The SMILES string of the molecule is NCc1ccc(CN2C(=O)c3cc(NC(CC(=O)O)C(=O)O)ccc3CCCN2C(=O)c2ccccc2)cc1. The maximum Gasteiger partial charge on any atom is 0.326 e. The summed E-state index contributed by atoms with van der Waals surface area (Å²) in [5.74, 6) is -3.32. The van der Waals surface area contributed by atoms with Crippen LogP contribution in [-0.2, 0) is 29.1 Å². The van der Waals surface area contributed by atoms with Gasteiger partial charge in [-0.1, -0.05) is 48.5 Å². The average molecular weight is 531 g/mol. The molecule has 202 valence electrons. The minimum atomic E-state index is -1.38. The zero-order valence-electron chi connectivity index (χ0n) is 21.2. The lowest BCUT2D eigenvalue weighted by molar-refractivity contribution is -0.144. The van der Waals surface area contributed by atoms with Crippen LogP contribution in [0.1, 0.15) is 50.2 Å². The molecule has 3 aromatic carbocycles. The van der Waals surface area contributed by atoms with E-state index in [0.717, 1.165) is 16.7 Å². The van der Waals surface area contributed by atoms with Gasteiger partial charge in [-0.25, -0.2) is 14.8 Å². The molecule has 0 saturated heterocycles. The Hall–Kier alpha value is -4.70. The van der Waals surface area contributed by atoms with Gasteiger partial charge in [0.15, 0.2) is 0 Å². The second-order valence-corrected chi connectivity index (χ2v) is 9.29. The summed E-state index contributed by atoms with van der Waals surface area (Å²) in [6.45, 7) is 0.819. The summed E-state index contributed by atoms with van der Waals surface area (Å²) >= 11 is 0. The van der Waals surface area contributed by atoms with Gasteiger partial charge >= 0.3 is 11.9 Å². The van der Waals surface area contributed by atoms with Gasteiger partial charge in [0.25, 0.3) is 11.8 Å². The summed E-state index contributed by atoms with van der Waals surface area (Å²) in [6, 6.07) is 19.7. The Balaban J connectivity index is 1.72. The maximum absolute atomic E-state index is 14.1. The fourth-order valence-corrected chi connectivity index (χ4v) is 4.50. The van der Waals surface area contributed by atoms with Gasteiger partial charge < -0.3 is 21.3 Å². The Morgan fingerprint density at radius 2 is 1.64 bits per heavy atom. The van der Waals surface area contributed by atoms with Crippen molar-refractivity contribution in [2.45, 2.75) is 38.4 Å². The van der Waals surface area contributed by atoms with Gasteiger partial charge in [-0.05, 0) is 53.8 Å². The molecule has 5 N–H and O–H groups in total. The number of carbonyl (C=O) groups is 4. The van der Waals surface area contributed by atoms with Crippen LogP contribution in [0.5, 0.6) is 0 Å². The first-order chi connectivity index (χ1) is 18.8. The molecule has 0 saturated carbocycles. The van der Waals surface area contributed by atoms with Crippen molar-refractivity contribution in [2.75, 3.05) is 11.9 Å². The number of nitrogens with zero attached hydrogens (tertiary/aromatic N) is 2. The molecule has 0 bridgehead atoms. The Morgan fingerprint density at radius 3 is 2.28 bits per heavy atom. The number of aryl methyl sites for hydroxylation is 1. The van der Waals surface area contributed by atoms with Crippen LogP contribution in [0.4, 0.5) is 5.69 Å². The molecule has 0 aromatic heterocycles. The maximum atomic E-state index is 14.1. The van der Waals surface area contributed by atoms with Crippen LogP contribution in [0.3, 0.4) is 0 Å². The number of amides is 2. The van der Waals surface area contributed by atoms with E-state index in [9.17, 15) is 24.3 Å². The highest BCUT2D eigenvalue weighted by molar-refractivity contribution is 6.00. The molecule has 1 aliphatic rings. The molecule has 1 aliphatic heterocycles. The summed E-state index contributed by atoms with van der Waals surface area (Å²) in [7, 11) is 0. The Bertz CT molecular complexity index is 1360. The normalized spacial score (nSPS) is 14.1. The van der Waals surface area contributed by atoms with E-state index < -0.39 is 30.3 Å². The van der Waals surface area contributed by atoms with Crippen LogP contribution in [0, 0.1) is 0 Å². The van der Waals surface area contributed by atoms with E-state index in [0.29, 0.717) is 42.7 Å². The van der Waals surface area contributed by atoms with Crippen LogP contribution in [-0.4, -0.2) is 56.6 Å². The molecular formula is C29H30N4O6. The first-order valence-corrected chi connectivity index (χ1v) is 12.6. The average Bonchev–Trinajstić information content (AvgIpc) is 2.93. The number of hydrogen-bond acceptors (Lipinski definition) is 6. The van der Waals surface area contributed by atoms with E-state index in [-0.39, 0.29) is 12.5 Å². The summed E-state index contributed by atoms with van der Waals surface area (Å²) in [6.07, 6.45) is 0.478. The number of carbonyl (C=O) groups excluding carboxylic acids is 2. The number of rotatable bonds is 9. The number of nitrogens with one attached hydrogen (secondary N) is 1. The monoisotopic (exact) mass is 530 g/mol. The first-order valence-electron chi connectivity index (χ1n) is 12.6. The third-order valence-electron chi connectivity index (χ3n) is 6.55. The predicted molar refractivity (Wildman–Crippen MR) is 144 cm³/mol. The van der Waals surface area contributed by atoms with Gasteiger partial charge in [0.2, 0.25) is 0 Å². The van der Waals surface area contributed by atoms with Crippen LogP contribution in [0.2, 0.25) is 0 Å². The number of carboxylic acid groups (broad SMARTS) is 2. The molecule has 1 atom stereocenters. The predicted octanol–water partition coefficient (Wildman–Crippen LogP) is 3.13. The number of anilines is 1. The molecule has 0 aliphatic carbocycles. The summed E-state index contributed by atoms with van der Waals surface area (Å²) in [4.78, 5) is 50.4. The van der Waals surface area contributed by atoms with Gasteiger partial charge in [0.05, 0.1) is 13.0 Å². The lowest BCUT2D eigenvalue weighted by Crippen LogP contribution is -2.51. The largest absolute Gasteiger partial charge is 0.481 e. The summed E-state index contributed by atoms with van der Waals surface area (Å²) < 4.78 is 0. The van der Waals surface area contributed by atoms with Gasteiger partial charge in [-0.3, -0.25) is 14.4 Å². The number of benzene rings is 3. The fourth-order valence-electron chi connectivity index (χ4n) is 4.50. The number of carboxylic acids is 2. The van der Waals surface area contributed by atoms with Crippen molar-refractivity contribution in [1.29, 1.82) is 0 Å². The van der Waals surface area contributed by atoms with Gasteiger partial charge in [0.1, 0.15) is 6.04 Å². The van der Waals surface area contributed by atoms with Gasteiger partial charge in [-0.15, -0.1) is 0 Å². The number of hydrazine groups is 1. The molecule has 1 unspecified atom stereocenters. The van der Waals surface area contributed by atoms with E-state index in [1.807, 2.05) is 30.3 Å². The molecular weight excluding hydrogens is 500 g/mol. The minimum Gasteiger partial charge on any atom is -0.481 e. The zero-order valence-corrected chi connectivity index (χ0v) is 21.2. The van der Waals surface area contributed by atoms with Crippen LogP contribution < -0.4 is 11.1 Å². The van der Waals surface area contributed by atoms with Crippen molar-refractivity contribution in [1.82, 2.24) is 10.0 Å². The third kappa shape index (κ3) is 6.60. The van der Waals surface area contributed by atoms with Crippen LogP contribution in [0.25, 0.3) is 0 Å². The van der Waals surface area contributed by atoms with E-state index in [1.54, 1.807) is 36.4 Å². The number of aliphatic carboxylic acids is 2. The lowest BCUT2D eigenvalue weighted by Gasteiger charge is -2.37. The minimum absolute atomic E-state index is 0.121. The Labute approximate surface area is 225 Å². The van der Waals surface area contributed by atoms with Gasteiger partial charge in [-0.2, -0.15) is 0 Å². The zero-order chi connectivity index (χ0) is 27.9. The highest BCUT2D eigenvalue weighted by Crippen LogP contribution is 2.26. The molecule has 0 spiro atoms. The quantitative estimate of drug-likeness (QED) is 0.329. The summed E-state index contributed by atoms with van der Waals surface area (Å²) in [5, 5.41) is 24.1. The highest BCUT2D eigenvalue weighted by atomic mass is 16.4. The molecule has 0 radical (unpaired) electrons. The molecule has 4 rings (SSSR count). The van der Waals surface area contributed by atoms with Crippen LogP contribution >= 0.6 is 0 Å². The Kier molecular flexibility index (Phi) is 8.57. The number of nitrogens with two attached hydrogens (primary N) is 1. The van der Waals surface area contributed by atoms with Crippen LogP contribution in [0.15, 0.2) is 72.8 Å². The Morgan fingerprint density at radius 1 is 0.949 bits per heavy atom. The third-order valence-corrected chi connectivity index (χ3v) is 6.55. The second-order valence-electron chi connectivity index (χ2n) is 9.29. The molecule has 39 heavy (non-hydrogen) atoms. The van der Waals surface area contributed by atoms with E-state index in [2.05, 4.69) is 5.32 Å². The molecule has 0 fully saturated rings. The van der Waals surface area contributed by atoms with E-state index in [4.69, 9.17) is 10.8 Å². The topological polar surface area (TPSA) is 153 Å². The van der Waals surface area contributed by atoms with Crippen molar-refractivity contribution >= 4 is 29.4 Å². The highest BCUT2D eigenvalue weighted by Gasteiger charge is 2.31. The van der Waals surface area contributed by atoms with E-state index >= 15 is 0 Å². The van der Waals surface area contributed by atoms with Crippen molar-refractivity contribution < 1.29 is 29.4 Å². The molecule has 10 heteroatoms. The van der Waals surface area contributed by atoms with Crippen molar-refractivity contribution in [2.24, 2.45) is 5.73 Å². The fraction of sp³-hybridized carbons (Fsp3) is 0.241. The van der Waals surface area contributed by atoms with Crippen molar-refractivity contribution in [3.8, 4) is 0 Å². The number of hydrogen-bond donors (Lipinski definition) is 4. The standard InChI is InChI=1S/C29H30N4O6/c30-17-19-8-10-20(11-9-19)18-33-28(37)24-15-23(31-25(29(38)39)16-26(34)35)13-12-21(24)7-4-14-32(33)27(36)22-5-2-1-3-6-22/h1-3,5-6,8-13,15,25,31H,4,7,14,16-18,30H2,(H,34,35)(H,38,39). The number of fused-ring (bicyclic) bond motifs is 1. The van der Waals surface area contributed by atoms with E-state index in [1.165, 1.54) is 16.1 Å². The smallest absolute Gasteiger partial charge is 0.326 e. The van der Waals surface area contributed by atoms with Crippen molar-refractivity contribution in [3.05, 3.63) is 101 Å². The second kappa shape index (κ2) is 12.2. The lowest BCUT2D eigenvalue weighted by atomic mass is 9.99.